The molecule has 6 heteroatoms. The summed E-state index contributed by atoms with van der Waals surface area (Å²) in [4.78, 5) is 24.6. The molecule has 2 heterocycles. The Balaban J connectivity index is 2.44. The first-order valence-corrected chi connectivity index (χ1v) is 6.89. The lowest BCUT2D eigenvalue weighted by molar-refractivity contribution is 0.0692. The molecule has 0 saturated carbocycles. The Morgan fingerprint density at radius 2 is 1.75 bits per heavy atom. The van der Waals surface area contributed by atoms with Crippen LogP contribution >= 0.6 is 11.8 Å². The van der Waals surface area contributed by atoms with E-state index in [0.717, 1.165) is 22.6 Å². The van der Waals surface area contributed by atoms with Crippen molar-refractivity contribution in [1.29, 1.82) is 0 Å². The highest BCUT2D eigenvalue weighted by Gasteiger charge is 2.14. The van der Waals surface area contributed by atoms with E-state index in [2.05, 4.69) is 15.0 Å². The molecule has 104 valence electrons. The Kier molecular flexibility index (Phi) is 4.04. The Morgan fingerprint density at radius 3 is 2.30 bits per heavy atom. The van der Waals surface area contributed by atoms with Gasteiger partial charge in [0.1, 0.15) is 0 Å². The van der Waals surface area contributed by atoms with E-state index < -0.39 is 5.97 Å². The maximum absolute atomic E-state index is 11.2. The maximum Gasteiger partial charge on any atom is 0.338 e. The van der Waals surface area contributed by atoms with E-state index in [1.165, 1.54) is 18.0 Å². The number of hydrogen-bond donors (Lipinski definition) is 1. The van der Waals surface area contributed by atoms with Gasteiger partial charge in [0.05, 0.1) is 5.56 Å². The van der Waals surface area contributed by atoms with Crippen molar-refractivity contribution in [3.05, 3.63) is 40.5 Å². The number of aryl methyl sites for hydroxylation is 3. The molecule has 0 aliphatic heterocycles. The SMILES string of the molecule is Cc1cc(Sc2nc(C)c(C)c(C)n2)c(C(=O)O)cn1. The molecule has 0 aliphatic rings. The third kappa shape index (κ3) is 2.96. The minimum atomic E-state index is -0.999. The first-order valence-electron chi connectivity index (χ1n) is 6.08. The van der Waals surface area contributed by atoms with Crippen molar-refractivity contribution < 1.29 is 9.90 Å². The number of carboxylic acids is 1. The van der Waals surface area contributed by atoms with E-state index in [-0.39, 0.29) is 5.56 Å². The number of nitrogens with zero attached hydrogens (tertiary/aromatic N) is 3. The van der Waals surface area contributed by atoms with Gasteiger partial charge in [0, 0.05) is 28.2 Å². The van der Waals surface area contributed by atoms with Crippen molar-refractivity contribution in [1.82, 2.24) is 15.0 Å². The van der Waals surface area contributed by atoms with Gasteiger partial charge in [-0.15, -0.1) is 0 Å². The number of carboxylic acid groups (broad SMARTS) is 1. The van der Waals surface area contributed by atoms with Gasteiger partial charge in [-0.1, -0.05) is 0 Å². The summed E-state index contributed by atoms with van der Waals surface area (Å²) in [5, 5.41) is 9.75. The van der Waals surface area contributed by atoms with Gasteiger partial charge in [-0.25, -0.2) is 14.8 Å². The number of aromatic carboxylic acids is 1. The van der Waals surface area contributed by atoms with Gasteiger partial charge in [-0.3, -0.25) is 4.98 Å². The summed E-state index contributed by atoms with van der Waals surface area (Å²) < 4.78 is 0. The quantitative estimate of drug-likeness (QED) is 0.875. The summed E-state index contributed by atoms with van der Waals surface area (Å²) in [6, 6.07) is 1.74. The first-order chi connectivity index (χ1) is 9.38. The van der Waals surface area contributed by atoms with E-state index in [9.17, 15) is 9.90 Å². The van der Waals surface area contributed by atoms with Crippen LogP contribution in [0, 0.1) is 27.7 Å². The van der Waals surface area contributed by atoms with Crippen molar-refractivity contribution in [3.63, 3.8) is 0 Å². The summed E-state index contributed by atoms with van der Waals surface area (Å²) in [7, 11) is 0. The third-order valence-electron chi connectivity index (χ3n) is 3.05. The summed E-state index contributed by atoms with van der Waals surface area (Å²) in [6.45, 7) is 7.63. The fourth-order valence-corrected chi connectivity index (χ4v) is 2.71. The van der Waals surface area contributed by atoms with Gasteiger partial charge in [-0.2, -0.15) is 0 Å². The van der Waals surface area contributed by atoms with Crippen LogP contribution in [0.15, 0.2) is 22.3 Å². The van der Waals surface area contributed by atoms with Crippen molar-refractivity contribution >= 4 is 17.7 Å². The Morgan fingerprint density at radius 1 is 1.15 bits per heavy atom. The average Bonchev–Trinajstić information content (AvgIpc) is 2.35. The van der Waals surface area contributed by atoms with Crippen LogP contribution in [0.5, 0.6) is 0 Å². The lowest BCUT2D eigenvalue weighted by Crippen LogP contribution is -2.02. The summed E-state index contributed by atoms with van der Waals surface area (Å²) in [6.07, 6.45) is 1.37. The molecule has 1 N–H and O–H groups in total. The molecule has 2 aromatic rings. The summed E-state index contributed by atoms with van der Waals surface area (Å²) >= 11 is 1.25. The normalized spacial score (nSPS) is 10.6. The van der Waals surface area contributed by atoms with Gasteiger partial charge in [-0.05, 0) is 51.1 Å². The van der Waals surface area contributed by atoms with Crippen LogP contribution < -0.4 is 0 Å². The molecule has 0 bridgehead atoms. The smallest absolute Gasteiger partial charge is 0.338 e. The second kappa shape index (κ2) is 5.58. The van der Waals surface area contributed by atoms with Crippen LogP contribution in [0.1, 0.15) is 33.0 Å². The minimum Gasteiger partial charge on any atom is -0.478 e. The fourth-order valence-electron chi connectivity index (χ4n) is 1.67. The molecule has 0 atom stereocenters. The van der Waals surface area contributed by atoms with Gasteiger partial charge < -0.3 is 5.11 Å². The van der Waals surface area contributed by atoms with E-state index in [4.69, 9.17) is 0 Å². The zero-order valence-electron chi connectivity index (χ0n) is 11.8. The van der Waals surface area contributed by atoms with Crippen molar-refractivity contribution in [2.45, 2.75) is 37.7 Å². The monoisotopic (exact) mass is 289 g/mol. The highest BCUT2D eigenvalue weighted by molar-refractivity contribution is 7.99. The molecule has 0 fully saturated rings. The third-order valence-corrected chi connectivity index (χ3v) is 3.97. The van der Waals surface area contributed by atoms with Gasteiger partial charge in [0.15, 0.2) is 5.16 Å². The van der Waals surface area contributed by atoms with Crippen molar-refractivity contribution in [2.75, 3.05) is 0 Å². The Labute approximate surface area is 121 Å². The molecule has 0 aliphatic carbocycles. The Bertz CT molecular complexity index is 663. The van der Waals surface area contributed by atoms with Gasteiger partial charge in [0.2, 0.25) is 0 Å². The predicted octanol–water partition coefficient (Wildman–Crippen LogP) is 2.95. The molecule has 2 aromatic heterocycles. The van der Waals surface area contributed by atoms with Crippen LogP contribution in [0.4, 0.5) is 0 Å². The van der Waals surface area contributed by atoms with E-state index in [0.29, 0.717) is 10.1 Å². The molecule has 0 unspecified atom stereocenters. The molecule has 0 aromatic carbocycles. The second-order valence-corrected chi connectivity index (χ2v) is 5.54. The van der Waals surface area contributed by atoms with E-state index in [1.807, 2.05) is 27.7 Å². The topological polar surface area (TPSA) is 76.0 Å². The van der Waals surface area contributed by atoms with Gasteiger partial charge >= 0.3 is 5.97 Å². The van der Waals surface area contributed by atoms with Crippen molar-refractivity contribution in [2.24, 2.45) is 0 Å². The summed E-state index contributed by atoms with van der Waals surface area (Å²) in [5.74, 6) is -0.999. The minimum absolute atomic E-state index is 0.167. The van der Waals surface area contributed by atoms with Crippen LogP contribution in [-0.4, -0.2) is 26.0 Å². The summed E-state index contributed by atoms with van der Waals surface area (Å²) in [5.41, 5.74) is 3.79. The molecule has 5 nitrogen and oxygen atoms in total. The maximum atomic E-state index is 11.2. The van der Waals surface area contributed by atoms with Crippen LogP contribution in [0.25, 0.3) is 0 Å². The molecular weight excluding hydrogens is 274 g/mol. The molecule has 0 radical (unpaired) electrons. The Hall–Kier alpha value is -1.95. The molecule has 0 spiro atoms. The predicted molar refractivity (Wildman–Crippen MR) is 76.3 cm³/mol. The fraction of sp³-hybridized carbons (Fsp3) is 0.286. The van der Waals surface area contributed by atoms with Crippen molar-refractivity contribution in [3.8, 4) is 0 Å². The highest BCUT2D eigenvalue weighted by atomic mass is 32.2. The number of hydrogen-bond acceptors (Lipinski definition) is 5. The molecule has 2 rings (SSSR count). The highest BCUT2D eigenvalue weighted by Crippen LogP contribution is 2.29. The van der Waals surface area contributed by atoms with Crippen LogP contribution in [0.3, 0.4) is 0 Å². The molecule has 20 heavy (non-hydrogen) atoms. The largest absolute Gasteiger partial charge is 0.478 e. The lowest BCUT2D eigenvalue weighted by Gasteiger charge is -2.08. The number of pyridine rings is 1. The molecule has 0 saturated heterocycles. The number of rotatable bonds is 3. The zero-order valence-corrected chi connectivity index (χ0v) is 12.6. The molecular formula is C14H15N3O2S. The molecule has 0 amide bonds. The average molecular weight is 289 g/mol. The van der Waals surface area contributed by atoms with E-state index in [1.54, 1.807) is 6.07 Å². The first kappa shape index (κ1) is 14.5. The van der Waals surface area contributed by atoms with Crippen LogP contribution in [-0.2, 0) is 0 Å². The zero-order chi connectivity index (χ0) is 14.9. The van der Waals surface area contributed by atoms with E-state index >= 15 is 0 Å². The van der Waals surface area contributed by atoms with Crippen LogP contribution in [0.2, 0.25) is 0 Å². The number of carbonyl (C=O) groups is 1. The standard InChI is InChI=1S/C14H15N3O2S/c1-7-5-12(11(6-15-7)13(18)19)20-14-16-9(3)8(2)10(4)17-14/h5-6H,1-4H3,(H,18,19). The second-order valence-electron chi connectivity index (χ2n) is 4.53. The lowest BCUT2D eigenvalue weighted by atomic mass is 10.2. The van der Waals surface area contributed by atoms with Gasteiger partial charge in [0.25, 0.3) is 0 Å². The number of aromatic nitrogens is 3.